The zero-order chi connectivity index (χ0) is 17.4. The zero-order valence-corrected chi connectivity index (χ0v) is 15.0. The summed E-state index contributed by atoms with van der Waals surface area (Å²) in [6, 6.07) is 10.3. The number of nitrogens with zero attached hydrogens (tertiary/aromatic N) is 3. The van der Waals surface area contributed by atoms with Gasteiger partial charge in [-0.25, -0.2) is 0 Å². The molecule has 2 aliphatic rings. The summed E-state index contributed by atoms with van der Waals surface area (Å²) in [5, 5.41) is 7.48. The van der Waals surface area contributed by atoms with Gasteiger partial charge in [-0.2, -0.15) is 5.10 Å². The van der Waals surface area contributed by atoms with E-state index in [0.29, 0.717) is 5.92 Å². The van der Waals surface area contributed by atoms with Crippen molar-refractivity contribution in [3.63, 3.8) is 0 Å². The first-order chi connectivity index (χ1) is 12.1. The van der Waals surface area contributed by atoms with E-state index in [1.807, 2.05) is 17.9 Å². The van der Waals surface area contributed by atoms with Gasteiger partial charge in [-0.3, -0.25) is 14.8 Å². The Bertz CT molecular complexity index is 769. The number of para-hydroxylation sites is 1. The maximum Gasteiger partial charge on any atom is 0.244 e. The van der Waals surface area contributed by atoms with E-state index in [0.717, 1.165) is 56.0 Å². The molecule has 5 nitrogen and oxygen atoms in total. The van der Waals surface area contributed by atoms with Crippen molar-refractivity contribution in [1.29, 1.82) is 0 Å². The van der Waals surface area contributed by atoms with E-state index in [-0.39, 0.29) is 11.9 Å². The third-order valence-electron chi connectivity index (χ3n) is 5.66. The van der Waals surface area contributed by atoms with Gasteiger partial charge in [0.05, 0.1) is 11.7 Å². The van der Waals surface area contributed by atoms with Gasteiger partial charge in [0.15, 0.2) is 0 Å². The Morgan fingerprint density at radius 3 is 2.96 bits per heavy atom. The third kappa shape index (κ3) is 3.09. The third-order valence-corrected chi connectivity index (χ3v) is 5.66. The topological polar surface area (TPSA) is 52.2 Å². The van der Waals surface area contributed by atoms with E-state index in [9.17, 15) is 4.79 Å². The molecule has 1 aromatic heterocycles. The molecule has 3 heterocycles. The number of aromatic amines is 1. The molecule has 1 fully saturated rings. The molecule has 0 spiro atoms. The number of fused-ring (bicyclic) bond motifs is 1. The van der Waals surface area contributed by atoms with Gasteiger partial charge in [-0.05, 0) is 57.4 Å². The lowest BCUT2D eigenvalue weighted by Gasteiger charge is -2.37. The van der Waals surface area contributed by atoms with Crippen LogP contribution in [-0.2, 0) is 11.2 Å². The van der Waals surface area contributed by atoms with E-state index in [1.165, 1.54) is 5.56 Å². The van der Waals surface area contributed by atoms with E-state index in [2.05, 4.69) is 46.3 Å². The number of amides is 1. The average Bonchev–Trinajstić information content (AvgIpc) is 3.27. The minimum atomic E-state index is -0.0889. The van der Waals surface area contributed by atoms with Crippen LogP contribution in [0.25, 0.3) is 0 Å². The number of benzene rings is 1. The zero-order valence-electron chi connectivity index (χ0n) is 15.0. The van der Waals surface area contributed by atoms with Gasteiger partial charge in [0.2, 0.25) is 5.91 Å². The minimum Gasteiger partial charge on any atom is -0.310 e. The molecule has 1 N–H and O–H groups in total. The number of hydrogen-bond donors (Lipinski definition) is 1. The van der Waals surface area contributed by atoms with Gasteiger partial charge >= 0.3 is 0 Å². The first-order valence-electron chi connectivity index (χ1n) is 9.28. The maximum absolute atomic E-state index is 13.1. The Morgan fingerprint density at radius 2 is 2.16 bits per heavy atom. The molecule has 0 radical (unpaired) electrons. The number of H-pyrrole nitrogens is 1. The molecule has 2 aliphatic heterocycles. The van der Waals surface area contributed by atoms with E-state index in [4.69, 9.17) is 0 Å². The number of carbonyl (C=O) groups is 1. The van der Waals surface area contributed by atoms with Gasteiger partial charge in [-0.1, -0.05) is 18.2 Å². The van der Waals surface area contributed by atoms with Crippen LogP contribution in [0.5, 0.6) is 0 Å². The predicted octanol–water partition coefficient (Wildman–Crippen LogP) is 2.88. The molecule has 5 heteroatoms. The van der Waals surface area contributed by atoms with Crippen LogP contribution in [0.15, 0.2) is 30.3 Å². The molecule has 1 amide bonds. The molecule has 2 aromatic rings. The molecule has 0 bridgehead atoms. The number of nitrogens with one attached hydrogen (secondary N) is 1. The van der Waals surface area contributed by atoms with Crippen molar-refractivity contribution in [2.45, 2.75) is 45.1 Å². The molecule has 132 valence electrons. The molecule has 1 aromatic carbocycles. The molecule has 4 rings (SSSR count). The number of rotatable bonds is 3. The monoisotopic (exact) mass is 338 g/mol. The molecule has 0 aliphatic carbocycles. The molecule has 2 atom stereocenters. The van der Waals surface area contributed by atoms with Crippen LogP contribution in [0.4, 0.5) is 5.69 Å². The van der Waals surface area contributed by atoms with Gasteiger partial charge < -0.3 is 4.90 Å². The number of aromatic nitrogens is 2. The number of carbonyl (C=O) groups excluding carboxylic acids is 1. The number of likely N-dealkylation sites (tertiary alicyclic amines) is 1. The minimum absolute atomic E-state index is 0.0889. The Hall–Kier alpha value is -2.14. The van der Waals surface area contributed by atoms with Crippen molar-refractivity contribution in [3.8, 4) is 0 Å². The van der Waals surface area contributed by atoms with Crippen LogP contribution in [-0.4, -0.2) is 46.7 Å². The fourth-order valence-corrected chi connectivity index (χ4v) is 4.20. The summed E-state index contributed by atoms with van der Waals surface area (Å²) in [6.45, 7) is 6.79. The lowest BCUT2D eigenvalue weighted by atomic mass is 9.93. The average molecular weight is 338 g/mol. The van der Waals surface area contributed by atoms with E-state index in [1.54, 1.807) is 0 Å². The standard InChI is InChI=1S/C20H26N4O/c1-14-12-18(22-21-14)17-7-5-10-23(13-17)15(2)20(25)24-11-9-16-6-3-4-8-19(16)24/h3-4,6,8,12,15,17H,5,7,9-11,13H2,1-2H3,(H,21,22)/t15-,17+/m1/s1. The van der Waals surface area contributed by atoms with Crippen LogP contribution in [0, 0.1) is 6.92 Å². The van der Waals surface area contributed by atoms with Crippen LogP contribution in [0.2, 0.25) is 0 Å². The number of anilines is 1. The summed E-state index contributed by atoms with van der Waals surface area (Å²) in [5.74, 6) is 0.642. The summed E-state index contributed by atoms with van der Waals surface area (Å²) < 4.78 is 0. The SMILES string of the molecule is Cc1cc([C@H]2CCCN([C@H](C)C(=O)N3CCc4ccccc43)C2)n[nH]1. The summed E-state index contributed by atoms with van der Waals surface area (Å²) in [7, 11) is 0. The van der Waals surface area contributed by atoms with Crippen LogP contribution in [0.3, 0.4) is 0 Å². The van der Waals surface area contributed by atoms with Crippen molar-refractivity contribution in [2.75, 3.05) is 24.5 Å². The quantitative estimate of drug-likeness (QED) is 0.936. The molecular weight excluding hydrogens is 312 g/mol. The smallest absolute Gasteiger partial charge is 0.244 e. The lowest BCUT2D eigenvalue weighted by molar-refractivity contribution is -0.123. The van der Waals surface area contributed by atoms with Gasteiger partial charge in [0, 0.05) is 30.4 Å². The highest BCUT2D eigenvalue weighted by molar-refractivity contribution is 5.98. The molecule has 25 heavy (non-hydrogen) atoms. The highest BCUT2D eigenvalue weighted by Gasteiger charge is 2.33. The van der Waals surface area contributed by atoms with E-state index >= 15 is 0 Å². The van der Waals surface area contributed by atoms with Gasteiger partial charge in [0.25, 0.3) is 0 Å². The van der Waals surface area contributed by atoms with Crippen molar-refractivity contribution in [2.24, 2.45) is 0 Å². The Labute approximate surface area is 149 Å². The van der Waals surface area contributed by atoms with Crippen molar-refractivity contribution in [1.82, 2.24) is 15.1 Å². The van der Waals surface area contributed by atoms with Crippen molar-refractivity contribution >= 4 is 11.6 Å². The maximum atomic E-state index is 13.1. The molecular formula is C20H26N4O. The number of piperidine rings is 1. The highest BCUT2D eigenvalue weighted by Crippen LogP contribution is 2.31. The summed E-state index contributed by atoms with van der Waals surface area (Å²) in [5.41, 5.74) is 4.61. The predicted molar refractivity (Wildman–Crippen MR) is 98.8 cm³/mol. The summed E-state index contributed by atoms with van der Waals surface area (Å²) in [4.78, 5) is 17.4. The molecule has 0 unspecified atom stereocenters. The second-order valence-electron chi connectivity index (χ2n) is 7.35. The number of hydrogen-bond acceptors (Lipinski definition) is 3. The second-order valence-corrected chi connectivity index (χ2v) is 7.35. The Kier molecular flexibility index (Phi) is 4.34. The summed E-state index contributed by atoms with van der Waals surface area (Å²) in [6.07, 6.45) is 3.23. The highest BCUT2D eigenvalue weighted by atomic mass is 16.2. The van der Waals surface area contributed by atoms with Crippen LogP contribution in [0.1, 0.15) is 42.6 Å². The molecule has 1 saturated heterocycles. The van der Waals surface area contributed by atoms with Crippen LogP contribution < -0.4 is 4.90 Å². The fraction of sp³-hybridized carbons (Fsp3) is 0.500. The first kappa shape index (κ1) is 16.3. The molecule has 0 saturated carbocycles. The van der Waals surface area contributed by atoms with E-state index < -0.39 is 0 Å². The second kappa shape index (κ2) is 6.64. The lowest BCUT2D eigenvalue weighted by Crippen LogP contribution is -2.49. The van der Waals surface area contributed by atoms with Crippen molar-refractivity contribution in [3.05, 3.63) is 47.3 Å². The fourth-order valence-electron chi connectivity index (χ4n) is 4.20. The number of aryl methyl sites for hydroxylation is 1. The van der Waals surface area contributed by atoms with Crippen molar-refractivity contribution < 1.29 is 4.79 Å². The Morgan fingerprint density at radius 1 is 1.32 bits per heavy atom. The van der Waals surface area contributed by atoms with Gasteiger partial charge in [-0.15, -0.1) is 0 Å². The first-order valence-corrected chi connectivity index (χ1v) is 9.28. The summed E-state index contributed by atoms with van der Waals surface area (Å²) >= 11 is 0. The largest absolute Gasteiger partial charge is 0.310 e. The Balaban J connectivity index is 1.47. The van der Waals surface area contributed by atoms with Crippen LogP contribution >= 0.6 is 0 Å². The normalized spacial score (nSPS) is 22.0. The van der Waals surface area contributed by atoms with Gasteiger partial charge in [0.1, 0.15) is 0 Å².